The van der Waals surface area contributed by atoms with Gasteiger partial charge in [-0.2, -0.15) is 0 Å². The number of carbonyl (C=O) groups is 1. The number of hydrogen-bond acceptors (Lipinski definition) is 3. The van der Waals surface area contributed by atoms with Gasteiger partial charge in [-0.3, -0.25) is 4.79 Å². The summed E-state index contributed by atoms with van der Waals surface area (Å²) in [5.74, 6) is -0.348. The van der Waals surface area contributed by atoms with Crippen molar-refractivity contribution >= 4 is 29.2 Å². The third-order valence-corrected chi connectivity index (χ3v) is 3.64. The first kappa shape index (κ1) is 16.7. The second kappa shape index (κ2) is 7.58. The maximum absolute atomic E-state index is 13.1. The smallest absolute Gasteiger partial charge is 0.250 e. The summed E-state index contributed by atoms with van der Waals surface area (Å²) in [6, 6.07) is 4.67. The minimum absolute atomic E-state index is 0. The van der Waals surface area contributed by atoms with Gasteiger partial charge in [-0.15, -0.1) is 12.4 Å². The van der Waals surface area contributed by atoms with Crippen molar-refractivity contribution in [3.63, 3.8) is 0 Å². The van der Waals surface area contributed by atoms with Crippen LogP contribution < -0.4 is 10.6 Å². The van der Waals surface area contributed by atoms with Gasteiger partial charge in [0.05, 0.1) is 6.61 Å². The zero-order valence-electron chi connectivity index (χ0n) is 12.0. The summed E-state index contributed by atoms with van der Waals surface area (Å²) in [5, 5.41) is 6.98. The van der Waals surface area contributed by atoms with Crippen LogP contribution in [-0.4, -0.2) is 43.2 Å². The standard InChI is InChI=1S/C15H18FN3O2.ClH/c16-11-1-2-12-10(8-19-13(12)7-11)3-4-18-15(20)14-9-17-5-6-21-14;/h1-2,7-8,14,17,19H,3-6,9H2,(H,18,20);1H. The Morgan fingerprint density at radius 2 is 2.32 bits per heavy atom. The molecule has 1 atom stereocenters. The average Bonchev–Trinajstić information content (AvgIpc) is 2.90. The van der Waals surface area contributed by atoms with E-state index in [-0.39, 0.29) is 24.1 Å². The van der Waals surface area contributed by atoms with Gasteiger partial charge in [-0.25, -0.2) is 4.39 Å². The van der Waals surface area contributed by atoms with Crippen LogP contribution in [0, 0.1) is 5.82 Å². The van der Waals surface area contributed by atoms with Gasteiger partial charge >= 0.3 is 0 Å². The van der Waals surface area contributed by atoms with E-state index >= 15 is 0 Å². The van der Waals surface area contributed by atoms with Crippen molar-refractivity contribution in [3.05, 3.63) is 35.8 Å². The molecule has 22 heavy (non-hydrogen) atoms. The lowest BCUT2D eigenvalue weighted by molar-refractivity contribution is -0.134. The van der Waals surface area contributed by atoms with Gasteiger partial charge in [0, 0.05) is 36.7 Å². The largest absolute Gasteiger partial charge is 0.366 e. The lowest BCUT2D eigenvalue weighted by Crippen LogP contribution is -2.48. The minimum atomic E-state index is -0.407. The zero-order valence-corrected chi connectivity index (χ0v) is 12.8. The van der Waals surface area contributed by atoms with Gasteiger partial charge in [-0.05, 0) is 30.2 Å². The first-order valence-corrected chi connectivity index (χ1v) is 7.09. The number of benzene rings is 1. The number of aromatic nitrogens is 1. The Hall–Kier alpha value is -1.63. The van der Waals surface area contributed by atoms with Gasteiger partial charge in [0.1, 0.15) is 11.9 Å². The fourth-order valence-corrected chi connectivity index (χ4v) is 2.53. The molecule has 0 radical (unpaired) electrons. The maximum atomic E-state index is 13.1. The molecule has 1 fully saturated rings. The number of ether oxygens (including phenoxy) is 1. The molecule has 0 bridgehead atoms. The lowest BCUT2D eigenvalue weighted by atomic mass is 10.1. The third-order valence-electron chi connectivity index (χ3n) is 3.64. The molecule has 5 nitrogen and oxygen atoms in total. The first-order chi connectivity index (χ1) is 10.2. The number of amides is 1. The molecule has 2 aromatic rings. The van der Waals surface area contributed by atoms with Crippen LogP contribution in [0.4, 0.5) is 4.39 Å². The third kappa shape index (κ3) is 3.76. The molecule has 1 saturated heterocycles. The molecule has 1 amide bonds. The monoisotopic (exact) mass is 327 g/mol. The second-order valence-electron chi connectivity index (χ2n) is 5.11. The number of halogens is 2. The van der Waals surface area contributed by atoms with Crippen LogP contribution in [0.25, 0.3) is 10.9 Å². The number of carbonyl (C=O) groups excluding carboxylic acids is 1. The van der Waals surface area contributed by atoms with E-state index in [0.29, 0.717) is 26.1 Å². The Balaban J connectivity index is 0.00000176. The van der Waals surface area contributed by atoms with E-state index < -0.39 is 6.10 Å². The predicted molar refractivity (Wildman–Crippen MR) is 84.8 cm³/mol. The molecule has 1 aliphatic heterocycles. The second-order valence-corrected chi connectivity index (χ2v) is 5.11. The highest BCUT2D eigenvalue weighted by molar-refractivity contribution is 5.85. The van der Waals surface area contributed by atoms with Crippen LogP contribution in [0.3, 0.4) is 0 Å². The summed E-state index contributed by atoms with van der Waals surface area (Å²) in [5.41, 5.74) is 1.84. The van der Waals surface area contributed by atoms with Crippen molar-refractivity contribution in [2.24, 2.45) is 0 Å². The van der Waals surface area contributed by atoms with Crippen molar-refractivity contribution in [1.82, 2.24) is 15.6 Å². The van der Waals surface area contributed by atoms with Crippen LogP contribution >= 0.6 is 12.4 Å². The van der Waals surface area contributed by atoms with E-state index in [2.05, 4.69) is 15.6 Å². The molecule has 3 N–H and O–H groups in total. The molecule has 0 aliphatic carbocycles. The van der Waals surface area contributed by atoms with Crippen molar-refractivity contribution < 1.29 is 13.9 Å². The summed E-state index contributed by atoms with van der Waals surface area (Å²) < 4.78 is 18.5. The van der Waals surface area contributed by atoms with Crippen molar-refractivity contribution in [2.45, 2.75) is 12.5 Å². The van der Waals surface area contributed by atoms with E-state index in [4.69, 9.17) is 4.74 Å². The molecular weight excluding hydrogens is 309 g/mol. The molecule has 0 spiro atoms. The summed E-state index contributed by atoms with van der Waals surface area (Å²) >= 11 is 0. The van der Waals surface area contributed by atoms with Crippen molar-refractivity contribution in [1.29, 1.82) is 0 Å². The van der Waals surface area contributed by atoms with Crippen LogP contribution in [-0.2, 0) is 16.0 Å². The van der Waals surface area contributed by atoms with E-state index in [1.807, 2.05) is 6.20 Å². The van der Waals surface area contributed by atoms with Gasteiger partial charge in [0.25, 0.3) is 0 Å². The molecule has 1 aromatic carbocycles. The van der Waals surface area contributed by atoms with Gasteiger partial charge in [-0.1, -0.05) is 0 Å². The molecule has 120 valence electrons. The molecule has 3 rings (SSSR count). The number of nitrogens with one attached hydrogen (secondary N) is 3. The number of morpholine rings is 1. The highest BCUT2D eigenvalue weighted by Crippen LogP contribution is 2.19. The van der Waals surface area contributed by atoms with Gasteiger partial charge in [0.2, 0.25) is 5.91 Å². The highest BCUT2D eigenvalue weighted by atomic mass is 35.5. The highest BCUT2D eigenvalue weighted by Gasteiger charge is 2.21. The molecule has 1 unspecified atom stereocenters. The van der Waals surface area contributed by atoms with E-state index in [1.165, 1.54) is 12.1 Å². The van der Waals surface area contributed by atoms with E-state index in [0.717, 1.165) is 23.0 Å². The first-order valence-electron chi connectivity index (χ1n) is 7.09. The Bertz CT molecular complexity index is 641. The number of rotatable bonds is 4. The quantitative estimate of drug-likeness (QED) is 0.795. The molecule has 0 saturated carbocycles. The summed E-state index contributed by atoms with van der Waals surface area (Å²) in [4.78, 5) is 14.9. The SMILES string of the molecule is Cl.O=C(NCCc1c[nH]c2cc(F)ccc12)C1CNCCO1. The minimum Gasteiger partial charge on any atom is -0.366 e. The summed E-state index contributed by atoms with van der Waals surface area (Å²) in [6.07, 6.45) is 2.14. The molecule has 1 aromatic heterocycles. The lowest BCUT2D eigenvalue weighted by Gasteiger charge is -2.22. The van der Waals surface area contributed by atoms with Crippen molar-refractivity contribution in [2.75, 3.05) is 26.2 Å². The molecule has 1 aliphatic rings. The predicted octanol–water partition coefficient (Wildman–Crippen LogP) is 1.38. The number of H-pyrrole nitrogens is 1. The molecular formula is C15H19ClFN3O2. The molecule has 7 heteroatoms. The van der Waals surface area contributed by atoms with Crippen LogP contribution in [0.5, 0.6) is 0 Å². The number of aromatic amines is 1. The van der Waals surface area contributed by atoms with Crippen LogP contribution in [0.1, 0.15) is 5.56 Å². The Labute approximate surface area is 134 Å². The average molecular weight is 328 g/mol. The maximum Gasteiger partial charge on any atom is 0.250 e. The number of hydrogen-bond donors (Lipinski definition) is 3. The van der Waals surface area contributed by atoms with Crippen LogP contribution in [0.2, 0.25) is 0 Å². The summed E-state index contributed by atoms with van der Waals surface area (Å²) in [6.45, 7) is 2.43. The van der Waals surface area contributed by atoms with E-state index in [1.54, 1.807) is 6.07 Å². The Kier molecular flexibility index (Phi) is 5.76. The normalized spacial score (nSPS) is 18.0. The fraction of sp³-hybridized carbons (Fsp3) is 0.400. The zero-order chi connectivity index (χ0) is 14.7. The molecule has 2 heterocycles. The van der Waals surface area contributed by atoms with Gasteiger partial charge < -0.3 is 20.4 Å². The Morgan fingerprint density at radius 1 is 1.45 bits per heavy atom. The van der Waals surface area contributed by atoms with Gasteiger partial charge in [0.15, 0.2) is 0 Å². The Morgan fingerprint density at radius 3 is 3.09 bits per heavy atom. The number of fused-ring (bicyclic) bond motifs is 1. The van der Waals surface area contributed by atoms with Crippen LogP contribution in [0.15, 0.2) is 24.4 Å². The topological polar surface area (TPSA) is 66.2 Å². The van der Waals surface area contributed by atoms with Crippen molar-refractivity contribution in [3.8, 4) is 0 Å². The summed E-state index contributed by atoms with van der Waals surface area (Å²) in [7, 11) is 0. The van der Waals surface area contributed by atoms with E-state index in [9.17, 15) is 9.18 Å². The fourth-order valence-electron chi connectivity index (χ4n) is 2.53.